The molecule has 24 heavy (non-hydrogen) atoms. The number of nitrogens with two attached hydrogens (primary N) is 1. The maximum atomic E-state index is 12.5. The molecule has 1 heterocycles. The molecule has 0 unspecified atom stereocenters. The topological polar surface area (TPSA) is 101 Å². The van der Waals surface area contributed by atoms with Gasteiger partial charge in [-0.3, -0.25) is 9.78 Å². The summed E-state index contributed by atoms with van der Waals surface area (Å²) in [5, 5.41) is 0.312. The van der Waals surface area contributed by atoms with Gasteiger partial charge in [-0.1, -0.05) is 30.3 Å². The lowest BCUT2D eigenvalue weighted by Crippen LogP contribution is -2.15. The molecule has 0 saturated heterocycles. The minimum absolute atomic E-state index is 0.173. The van der Waals surface area contributed by atoms with Crippen molar-refractivity contribution in [2.45, 2.75) is 6.92 Å². The standard InChI is InChI=1S/C17H15N3O3S/c1-2-23-16(22)13-10(18)8-11-14(15(21)20-17(24)19-11)12(13)9-6-4-3-5-7-9/h3-8H,2,18H2,1H3,(H2,19,20,21,24). The van der Waals surface area contributed by atoms with Crippen LogP contribution in [0.25, 0.3) is 22.0 Å². The van der Waals surface area contributed by atoms with Gasteiger partial charge in [-0.15, -0.1) is 0 Å². The van der Waals surface area contributed by atoms with Gasteiger partial charge in [0.25, 0.3) is 5.56 Å². The summed E-state index contributed by atoms with van der Waals surface area (Å²) in [5.74, 6) is -0.572. The molecular weight excluding hydrogens is 326 g/mol. The lowest BCUT2D eigenvalue weighted by Gasteiger charge is -2.14. The largest absolute Gasteiger partial charge is 0.462 e. The predicted molar refractivity (Wildman–Crippen MR) is 95.6 cm³/mol. The molecule has 0 amide bonds. The molecule has 2 aromatic carbocycles. The number of esters is 1. The number of aromatic amines is 2. The molecule has 0 fully saturated rings. The molecule has 6 nitrogen and oxygen atoms in total. The molecule has 0 aliphatic heterocycles. The Morgan fingerprint density at radius 1 is 1.25 bits per heavy atom. The lowest BCUT2D eigenvalue weighted by atomic mass is 9.94. The molecule has 4 N–H and O–H groups in total. The molecule has 0 bridgehead atoms. The van der Waals surface area contributed by atoms with E-state index in [0.717, 1.165) is 0 Å². The van der Waals surface area contributed by atoms with E-state index >= 15 is 0 Å². The molecule has 0 spiro atoms. The van der Waals surface area contributed by atoms with Crippen LogP contribution in [0.2, 0.25) is 0 Å². The molecule has 3 aromatic rings. The Bertz CT molecular complexity index is 1040. The van der Waals surface area contributed by atoms with Gasteiger partial charge in [-0.2, -0.15) is 0 Å². The summed E-state index contributed by atoms with van der Waals surface area (Å²) in [5.41, 5.74) is 7.67. The maximum absolute atomic E-state index is 12.5. The zero-order chi connectivity index (χ0) is 17.3. The van der Waals surface area contributed by atoms with Crippen molar-refractivity contribution in [3.63, 3.8) is 0 Å². The summed E-state index contributed by atoms with van der Waals surface area (Å²) >= 11 is 5.01. The zero-order valence-corrected chi connectivity index (χ0v) is 13.7. The minimum atomic E-state index is -0.572. The number of rotatable bonds is 3. The van der Waals surface area contributed by atoms with Crippen molar-refractivity contribution in [1.82, 2.24) is 9.97 Å². The van der Waals surface area contributed by atoms with Crippen LogP contribution in [-0.4, -0.2) is 22.5 Å². The average Bonchev–Trinajstić information content (AvgIpc) is 2.54. The van der Waals surface area contributed by atoms with Crippen LogP contribution in [-0.2, 0) is 4.74 Å². The molecule has 122 valence electrons. The van der Waals surface area contributed by atoms with Crippen LogP contribution in [0, 0.1) is 4.77 Å². The average molecular weight is 341 g/mol. The highest BCUT2D eigenvalue weighted by molar-refractivity contribution is 7.71. The molecule has 0 saturated carbocycles. The monoisotopic (exact) mass is 341 g/mol. The number of aromatic nitrogens is 2. The first-order valence-corrected chi connectivity index (χ1v) is 7.75. The smallest absolute Gasteiger partial charge is 0.340 e. The van der Waals surface area contributed by atoms with Gasteiger partial charge < -0.3 is 15.5 Å². The van der Waals surface area contributed by atoms with Crippen LogP contribution in [0.3, 0.4) is 0 Å². The number of fused-ring (bicyclic) bond motifs is 1. The van der Waals surface area contributed by atoms with Gasteiger partial charge in [0.2, 0.25) is 0 Å². The van der Waals surface area contributed by atoms with E-state index in [-0.39, 0.29) is 22.6 Å². The number of hydrogen-bond donors (Lipinski definition) is 3. The van der Waals surface area contributed by atoms with Crippen LogP contribution >= 0.6 is 12.2 Å². The third-order valence-electron chi connectivity index (χ3n) is 3.60. The van der Waals surface area contributed by atoms with Crippen LogP contribution in [0.5, 0.6) is 0 Å². The number of carbonyl (C=O) groups excluding carboxylic acids is 1. The molecule has 1 aromatic heterocycles. The number of nitrogens with one attached hydrogen (secondary N) is 2. The minimum Gasteiger partial charge on any atom is -0.462 e. The lowest BCUT2D eigenvalue weighted by molar-refractivity contribution is 0.0528. The van der Waals surface area contributed by atoms with Crippen molar-refractivity contribution in [1.29, 1.82) is 0 Å². The molecular formula is C17H15N3O3S. The van der Waals surface area contributed by atoms with E-state index in [2.05, 4.69) is 9.97 Å². The van der Waals surface area contributed by atoms with E-state index in [1.54, 1.807) is 19.1 Å². The van der Waals surface area contributed by atoms with Crippen LogP contribution in [0.15, 0.2) is 41.2 Å². The second kappa shape index (κ2) is 6.29. The van der Waals surface area contributed by atoms with E-state index in [1.165, 1.54) is 6.07 Å². The van der Waals surface area contributed by atoms with Crippen LogP contribution in [0.1, 0.15) is 17.3 Å². The van der Waals surface area contributed by atoms with Crippen molar-refractivity contribution in [3.05, 3.63) is 57.1 Å². The SMILES string of the molecule is CCOC(=O)c1c(N)cc2[nH]c(=S)[nH]c(=O)c2c1-c1ccccc1. The van der Waals surface area contributed by atoms with Crippen molar-refractivity contribution < 1.29 is 9.53 Å². The Morgan fingerprint density at radius 2 is 1.96 bits per heavy atom. The highest BCUT2D eigenvalue weighted by Gasteiger charge is 2.22. The fraction of sp³-hybridized carbons (Fsp3) is 0.118. The number of benzene rings is 2. The van der Waals surface area contributed by atoms with Crippen molar-refractivity contribution in [2.24, 2.45) is 0 Å². The third kappa shape index (κ3) is 2.69. The molecule has 7 heteroatoms. The maximum Gasteiger partial charge on any atom is 0.340 e. The summed E-state index contributed by atoms with van der Waals surface area (Å²) in [7, 11) is 0. The van der Waals surface area contributed by atoms with Crippen molar-refractivity contribution in [3.8, 4) is 11.1 Å². The van der Waals surface area contributed by atoms with Crippen LogP contribution in [0.4, 0.5) is 5.69 Å². The van der Waals surface area contributed by atoms with Crippen molar-refractivity contribution in [2.75, 3.05) is 12.3 Å². The van der Waals surface area contributed by atoms with Gasteiger partial charge in [-0.25, -0.2) is 4.79 Å². The fourth-order valence-electron chi connectivity index (χ4n) is 2.67. The Balaban J connectivity index is 2.51. The molecule has 0 radical (unpaired) electrons. The van der Waals surface area contributed by atoms with Gasteiger partial charge in [0.1, 0.15) is 0 Å². The molecule has 3 rings (SSSR count). The van der Waals surface area contributed by atoms with E-state index < -0.39 is 11.5 Å². The summed E-state index contributed by atoms with van der Waals surface area (Å²) in [6.07, 6.45) is 0. The second-order valence-corrected chi connectivity index (χ2v) is 5.54. The number of carbonyl (C=O) groups is 1. The Kier molecular flexibility index (Phi) is 4.18. The molecule has 0 atom stereocenters. The van der Waals surface area contributed by atoms with E-state index in [0.29, 0.717) is 22.0 Å². The number of ether oxygens (including phenoxy) is 1. The first-order valence-electron chi connectivity index (χ1n) is 7.34. The van der Waals surface area contributed by atoms with Crippen molar-refractivity contribution >= 4 is 34.8 Å². The Hall–Kier alpha value is -2.93. The fourth-order valence-corrected chi connectivity index (χ4v) is 2.88. The number of hydrogen-bond acceptors (Lipinski definition) is 5. The summed E-state index contributed by atoms with van der Waals surface area (Å²) in [6, 6.07) is 10.6. The van der Waals surface area contributed by atoms with Gasteiger partial charge in [0.05, 0.1) is 23.1 Å². The Labute approximate surface area is 142 Å². The van der Waals surface area contributed by atoms with Gasteiger partial charge in [0.15, 0.2) is 4.77 Å². The predicted octanol–water partition coefficient (Wildman–Crippen LogP) is 3.01. The third-order valence-corrected chi connectivity index (χ3v) is 3.81. The number of anilines is 1. The second-order valence-electron chi connectivity index (χ2n) is 5.13. The number of H-pyrrole nitrogens is 2. The van der Waals surface area contributed by atoms with E-state index in [9.17, 15) is 9.59 Å². The summed E-state index contributed by atoms with van der Waals surface area (Å²) in [6.45, 7) is 1.92. The van der Waals surface area contributed by atoms with E-state index in [4.69, 9.17) is 22.7 Å². The highest BCUT2D eigenvalue weighted by atomic mass is 32.1. The van der Waals surface area contributed by atoms with Gasteiger partial charge in [0, 0.05) is 11.3 Å². The number of nitrogen functional groups attached to an aromatic ring is 1. The first-order chi connectivity index (χ1) is 11.5. The zero-order valence-electron chi connectivity index (χ0n) is 12.9. The normalized spacial score (nSPS) is 10.7. The molecule has 0 aliphatic carbocycles. The molecule has 0 aliphatic rings. The van der Waals surface area contributed by atoms with Gasteiger partial charge in [-0.05, 0) is 30.8 Å². The Morgan fingerprint density at radius 3 is 2.62 bits per heavy atom. The van der Waals surface area contributed by atoms with E-state index in [1.807, 2.05) is 18.2 Å². The summed E-state index contributed by atoms with van der Waals surface area (Å²) in [4.78, 5) is 30.4. The van der Waals surface area contributed by atoms with Crippen LogP contribution < -0.4 is 11.3 Å². The highest BCUT2D eigenvalue weighted by Crippen LogP contribution is 2.34. The quantitative estimate of drug-likeness (QED) is 0.386. The first kappa shape index (κ1) is 15.9. The summed E-state index contributed by atoms with van der Waals surface area (Å²) < 4.78 is 5.31. The van der Waals surface area contributed by atoms with Gasteiger partial charge >= 0.3 is 5.97 Å².